The van der Waals surface area contributed by atoms with E-state index < -0.39 is 17.6 Å². The predicted octanol–water partition coefficient (Wildman–Crippen LogP) is 2.58. The number of nitrogens with zero attached hydrogens (tertiary/aromatic N) is 1. The zero-order valence-corrected chi connectivity index (χ0v) is 11.1. The fourth-order valence-electron chi connectivity index (χ4n) is 1.58. The Morgan fingerprint density at radius 2 is 2.32 bits per heavy atom. The van der Waals surface area contributed by atoms with Crippen LogP contribution in [-0.4, -0.2) is 17.0 Å². The van der Waals surface area contributed by atoms with Crippen LogP contribution in [0, 0.1) is 11.7 Å². The van der Waals surface area contributed by atoms with Crippen LogP contribution in [0.4, 0.5) is 10.1 Å². The van der Waals surface area contributed by atoms with Crippen molar-refractivity contribution in [1.29, 1.82) is 0 Å². The molecule has 0 aliphatic carbocycles. The van der Waals surface area contributed by atoms with Gasteiger partial charge >= 0.3 is 0 Å². The highest BCUT2D eigenvalue weighted by molar-refractivity contribution is 6.31. The molecule has 1 aromatic carbocycles. The van der Waals surface area contributed by atoms with Crippen LogP contribution in [0.2, 0.25) is 5.02 Å². The van der Waals surface area contributed by atoms with E-state index >= 15 is 0 Å². The minimum absolute atomic E-state index is 0.0376. The largest absolute Gasteiger partial charge is 0.409 e. The van der Waals surface area contributed by atoms with Gasteiger partial charge in [0.05, 0.1) is 11.6 Å². The third-order valence-corrected chi connectivity index (χ3v) is 2.79. The summed E-state index contributed by atoms with van der Waals surface area (Å²) in [6.07, 6.45) is 1.05. The summed E-state index contributed by atoms with van der Waals surface area (Å²) in [6.45, 7) is 1.85. The first-order chi connectivity index (χ1) is 8.99. The quantitative estimate of drug-likeness (QED) is 0.337. The SMILES string of the molecule is CCCC(C(=O)Nc1cc(Cl)ccc1F)C(N)=NO. The monoisotopic (exact) mass is 287 g/mol. The number of hydrogen-bond acceptors (Lipinski definition) is 3. The Kier molecular flexibility index (Phi) is 5.57. The van der Waals surface area contributed by atoms with Crippen molar-refractivity contribution in [3.8, 4) is 0 Å². The number of carbonyl (C=O) groups is 1. The molecule has 0 saturated heterocycles. The maximum atomic E-state index is 13.5. The van der Waals surface area contributed by atoms with Crippen molar-refractivity contribution in [2.45, 2.75) is 19.8 Å². The second-order valence-electron chi connectivity index (χ2n) is 3.98. The number of rotatable bonds is 5. The molecule has 4 N–H and O–H groups in total. The van der Waals surface area contributed by atoms with Crippen molar-refractivity contribution in [3.63, 3.8) is 0 Å². The lowest BCUT2D eigenvalue weighted by atomic mass is 10.0. The van der Waals surface area contributed by atoms with Gasteiger partial charge in [-0.1, -0.05) is 30.1 Å². The van der Waals surface area contributed by atoms with Crippen molar-refractivity contribution in [2.75, 3.05) is 5.32 Å². The van der Waals surface area contributed by atoms with Gasteiger partial charge < -0.3 is 16.3 Å². The van der Waals surface area contributed by atoms with Crippen LogP contribution in [0.3, 0.4) is 0 Å². The van der Waals surface area contributed by atoms with Crippen molar-refractivity contribution < 1.29 is 14.4 Å². The smallest absolute Gasteiger partial charge is 0.235 e. The molecule has 1 unspecified atom stereocenters. The molecular weight excluding hydrogens is 273 g/mol. The highest BCUT2D eigenvalue weighted by Crippen LogP contribution is 2.21. The summed E-state index contributed by atoms with van der Waals surface area (Å²) in [5.41, 5.74) is 5.41. The number of halogens is 2. The number of amides is 1. The summed E-state index contributed by atoms with van der Waals surface area (Å²) in [5.74, 6) is -2.17. The van der Waals surface area contributed by atoms with Gasteiger partial charge in [0.2, 0.25) is 5.91 Å². The van der Waals surface area contributed by atoms with E-state index in [1.54, 1.807) is 0 Å². The van der Waals surface area contributed by atoms with E-state index in [9.17, 15) is 9.18 Å². The minimum atomic E-state index is -0.812. The number of benzene rings is 1. The van der Waals surface area contributed by atoms with Gasteiger partial charge in [-0.2, -0.15) is 0 Å². The van der Waals surface area contributed by atoms with Gasteiger partial charge in [0, 0.05) is 5.02 Å². The molecule has 0 aromatic heterocycles. The van der Waals surface area contributed by atoms with Gasteiger partial charge in [-0.3, -0.25) is 4.79 Å². The molecule has 0 heterocycles. The molecule has 0 saturated carbocycles. The molecule has 1 aromatic rings. The van der Waals surface area contributed by atoms with Crippen molar-refractivity contribution in [3.05, 3.63) is 29.0 Å². The maximum absolute atomic E-state index is 13.5. The summed E-state index contributed by atoms with van der Waals surface area (Å²) in [4.78, 5) is 12.0. The lowest BCUT2D eigenvalue weighted by molar-refractivity contribution is -0.118. The molecule has 1 amide bonds. The maximum Gasteiger partial charge on any atom is 0.235 e. The molecule has 1 rings (SSSR count). The lowest BCUT2D eigenvalue weighted by Gasteiger charge is -2.15. The van der Waals surface area contributed by atoms with Crippen molar-refractivity contribution in [2.24, 2.45) is 16.8 Å². The molecule has 19 heavy (non-hydrogen) atoms. The van der Waals surface area contributed by atoms with Crippen molar-refractivity contribution >= 4 is 29.0 Å². The summed E-state index contributed by atoms with van der Waals surface area (Å²) in [6, 6.07) is 3.82. The van der Waals surface area contributed by atoms with E-state index in [2.05, 4.69) is 10.5 Å². The third-order valence-electron chi connectivity index (χ3n) is 2.55. The zero-order chi connectivity index (χ0) is 14.4. The number of amidine groups is 1. The van der Waals surface area contributed by atoms with Crippen LogP contribution in [0.5, 0.6) is 0 Å². The molecule has 0 aliphatic heterocycles. The second kappa shape index (κ2) is 6.94. The third kappa shape index (κ3) is 4.10. The standard InChI is InChI=1S/C12H15ClFN3O2/c1-2-3-8(11(15)17-19)12(18)16-10-6-7(13)4-5-9(10)14/h4-6,8,19H,2-3H2,1H3,(H2,15,17)(H,16,18). The number of anilines is 1. The molecule has 1 atom stereocenters. The summed E-state index contributed by atoms with van der Waals surface area (Å²) in [7, 11) is 0. The summed E-state index contributed by atoms with van der Waals surface area (Å²) < 4.78 is 13.5. The number of hydrogen-bond donors (Lipinski definition) is 3. The average Bonchev–Trinajstić information content (AvgIpc) is 2.39. The first-order valence-electron chi connectivity index (χ1n) is 5.73. The Morgan fingerprint density at radius 3 is 2.89 bits per heavy atom. The highest BCUT2D eigenvalue weighted by atomic mass is 35.5. The Hall–Kier alpha value is -1.82. The van der Waals surface area contributed by atoms with Crippen LogP contribution in [0.1, 0.15) is 19.8 Å². The molecular formula is C12H15ClFN3O2. The highest BCUT2D eigenvalue weighted by Gasteiger charge is 2.23. The van der Waals surface area contributed by atoms with E-state index in [0.717, 1.165) is 6.07 Å². The van der Waals surface area contributed by atoms with Crippen LogP contribution >= 0.6 is 11.6 Å². The Morgan fingerprint density at radius 1 is 1.63 bits per heavy atom. The Bertz CT molecular complexity index is 494. The second-order valence-corrected chi connectivity index (χ2v) is 4.42. The summed E-state index contributed by atoms with van der Waals surface area (Å²) >= 11 is 5.72. The van der Waals surface area contributed by atoms with Crippen molar-refractivity contribution in [1.82, 2.24) is 0 Å². The van der Waals surface area contributed by atoms with Gasteiger partial charge in [0.1, 0.15) is 5.82 Å². The topological polar surface area (TPSA) is 87.7 Å². The van der Waals surface area contributed by atoms with E-state index in [1.807, 2.05) is 6.92 Å². The first-order valence-corrected chi connectivity index (χ1v) is 6.10. The Labute approximate surface area is 115 Å². The first kappa shape index (κ1) is 15.2. The fourth-order valence-corrected chi connectivity index (χ4v) is 1.76. The number of carbonyl (C=O) groups excluding carboxylic acids is 1. The lowest BCUT2D eigenvalue weighted by Crippen LogP contribution is -2.34. The van der Waals surface area contributed by atoms with Crippen LogP contribution < -0.4 is 11.1 Å². The summed E-state index contributed by atoms with van der Waals surface area (Å²) in [5, 5.41) is 14.1. The molecule has 0 aliphatic rings. The normalized spacial score (nSPS) is 13.1. The zero-order valence-electron chi connectivity index (χ0n) is 10.4. The van der Waals surface area contributed by atoms with E-state index in [1.165, 1.54) is 12.1 Å². The van der Waals surface area contributed by atoms with Gasteiger partial charge in [-0.15, -0.1) is 0 Å². The molecule has 0 spiro atoms. The van der Waals surface area contributed by atoms with E-state index in [0.29, 0.717) is 17.9 Å². The van der Waals surface area contributed by atoms with Gasteiger partial charge in [0.25, 0.3) is 0 Å². The predicted molar refractivity (Wildman–Crippen MR) is 71.8 cm³/mol. The molecule has 0 radical (unpaired) electrons. The molecule has 104 valence electrons. The molecule has 0 bridgehead atoms. The van der Waals surface area contributed by atoms with Gasteiger partial charge in [-0.25, -0.2) is 4.39 Å². The average molecular weight is 288 g/mol. The Balaban J connectivity index is 2.90. The van der Waals surface area contributed by atoms with E-state index in [4.69, 9.17) is 22.5 Å². The molecule has 7 heteroatoms. The van der Waals surface area contributed by atoms with Crippen LogP contribution in [0.15, 0.2) is 23.4 Å². The number of nitrogens with one attached hydrogen (secondary N) is 1. The molecule has 0 fully saturated rings. The van der Waals surface area contributed by atoms with Gasteiger partial charge in [-0.05, 0) is 24.6 Å². The number of nitrogens with two attached hydrogens (primary N) is 1. The minimum Gasteiger partial charge on any atom is -0.409 e. The number of oxime groups is 1. The van der Waals surface area contributed by atoms with Gasteiger partial charge in [0.15, 0.2) is 5.84 Å². The van der Waals surface area contributed by atoms with Crippen LogP contribution in [-0.2, 0) is 4.79 Å². The fraction of sp³-hybridized carbons (Fsp3) is 0.333. The molecule has 5 nitrogen and oxygen atoms in total. The van der Waals surface area contributed by atoms with E-state index in [-0.39, 0.29) is 11.5 Å². The van der Waals surface area contributed by atoms with Crippen LogP contribution in [0.25, 0.3) is 0 Å².